The summed E-state index contributed by atoms with van der Waals surface area (Å²) < 4.78 is 0. The Balaban J connectivity index is 1.96. The van der Waals surface area contributed by atoms with E-state index in [9.17, 15) is 34.8 Å². The van der Waals surface area contributed by atoms with Crippen LogP contribution >= 0.6 is 0 Å². The molecule has 190 valence electrons. The van der Waals surface area contributed by atoms with Crippen LogP contribution in [0.1, 0.15) is 23.1 Å². The summed E-state index contributed by atoms with van der Waals surface area (Å²) in [4.78, 5) is 40.4. The van der Waals surface area contributed by atoms with E-state index >= 15 is 0 Å². The number of likely N-dealkylation sites (N-methyl/N-ethyl adjacent to an activating group) is 1. The second-order valence-corrected chi connectivity index (χ2v) is 15.7. The predicted molar refractivity (Wildman–Crippen MR) is 134 cm³/mol. The molecule has 4 atom stereocenters. The fraction of sp³-hybridized carbons (Fsp3) is 0.423. The molecule has 9 nitrogen and oxygen atoms in total. The van der Waals surface area contributed by atoms with E-state index in [1.54, 1.807) is 20.2 Å². The fourth-order valence-electron chi connectivity index (χ4n) is 5.62. The van der Waals surface area contributed by atoms with Crippen molar-refractivity contribution in [2.24, 2.45) is 17.6 Å². The van der Waals surface area contributed by atoms with E-state index in [1.165, 1.54) is 11.0 Å². The van der Waals surface area contributed by atoms with Crippen molar-refractivity contribution in [1.82, 2.24) is 4.90 Å². The summed E-state index contributed by atoms with van der Waals surface area (Å²) in [5.74, 6) is -3.50. The quantitative estimate of drug-likeness (QED) is 0.225. The van der Waals surface area contributed by atoms with E-state index in [-0.39, 0.29) is 29.7 Å². The van der Waals surface area contributed by atoms with Gasteiger partial charge in [-0.05, 0) is 50.6 Å². The van der Waals surface area contributed by atoms with Crippen molar-refractivity contribution < 1.29 is 34.8 Å². The highest BCUT2D eigenvalue weighted by molar-refractivity contribution is 6.83. The van der Waals surface area contributed by atoms with Crippen molar-refractivity contribution in [3.63, 3.8) is 0 Å². The van der Waals surface area contributed by atoms with Crippen molar-refractivity contribution in [3.8, 4) is 17.2 Å². The van der Waals surface area contributed by atoms with Gasteiger partial charge in [-0.1, -0.05) is 25.6 Å². The van der Waals surface area contributed by atoms with E-state index in [0.29, 0.717) is 11.1 Å². The van der Waals surface area contributed by atoms with Crippen LogP contribution in [0.25, 0.3) is 5.76 Å². The first-order chi connectivity index (χ1) is 16.6. The van der Waals surface area contributed by atoms with Gasteiger partial charge < -0.3 is 26.2 Å². The molecular weight excluding hydrogens is 480 g/mol. The standard InChI is InChI=1S/C26H30N2O7Si/c1-28(2)20-15-11-13-10-14-12(8-9-36(3,4)5)6-7-16(29)18(14)21(30)17(13)23(32)26(15,35)24(33)19(22(20)31)25(27)34/h6-7,13,15,20,29-30,33,35H,10-11H2,1-5H3,(H2,27,34)/t13-,15?,20-,26-/m0/s1. The molecule has 0 aromatic heterocycles. The predicted octanol–water partition coefficient (Wildman–Crippen LogP) is 1.19. The SMILES string of the molecule is CN(C)[C@@H]1C(=O)C(C(N)=O)=C(O)[C@@]2(O)C(=O)C3=C(O)c4c(O)ccc(C#C[Si](C)(C)C)c4C[C@H]3CC12. The third kappa shape index (κ3) is 3.66. The zero-order valence-electron chi connectivity index (χ0n) is 20.8. The number of fused-ring (bicyclic) bond motifs is 3. The Morgan fingerprint density at radius 2 is 1.81 bits per heavy atom. The summed E-state index contributed by atoms with van der Waals surface area (Å²) in [7, 11) is 1.38. The molecule has 1 aromatic carbocycles. The van der Waals surface area contributed by atoms with E-state index in [4.69, 9.17) is 5.73 Å². The molecule has 4 rings (SSSR count). The summed E-state index contributed by atoms with van der Waals surface area (Å²) in [5, 5.41) is 44.3. The van der Waals surface area contributed by atoms with Crippen molar-refractivity contribution in [3.05, 3.63) is 45.7 Å². The topological polar surface area (TPSA) is 161 Å². The zero-order chi connectivity index (χ0) is 26.9. The Morgan fingerprint density at radius 1 is 1.17 bits per heavy atom. The molecule has 3 aliphatic carbocycles. The highest BCUT2D eigenvalue weighted by Gasteiger charge is 2.64. The van der Waals surface area contributed by atoms with Crippen LogP contribution in [0.5, 0.6) is 5.75 Å². The van der Waals surface area contributed by atoms with Gasteiger partial charge in [0.1, 0.15) is 30.9 Å². The lowest BCUT2D eigenvalue weighted by atomic mass is 9.57. The van der Waals surface area contributed by atoms with E-state index < -0.39 is 66.1 Å². The lowest BCUT2D eigenvalue weighted by Gasteiger charge is -2.50. The number of Topliss-reactive ketones (excluding diaryl/α,β-unsaturated/α-hetero) is 2. The third-order valence-electron chi connectivity index (χ3n) is 7.18. The van der Waals surface area contributed by atoms with Crippen LogP contribution in [0.3, 0.4) is 0 Å². The van der Waals surface area contributed by atoms with Crippen LogP contribution in [0, 0.1) is 23.3 Å². The van der Waals surface area contributed by atoms with Crippen molar-refractivity contribution in [2.45, 2.75) is 44.1 Å². The summed E-state index contributed by atoms with van der Waals surface area (Å²) in [6.45, 7) is 6.26. The van der Waals surface area contributed by atoms with E-state index in [0.717, 1.165) is 0 Å². The first-order valence-electron chi connectivity index (χ1n) is 11.6. The number of primary amides is 1. The number of phenolic OH excluding ortho intramolecular Hbond substituents is 1. The third-order valence-corrected chi connectivity index (χ3v) is 8.05. The largest absolute Gasteiger partial charge is 0.508 e. The Morgan fingerprint density at radius 3 is 2.36 bits per heavy atom. The zero-order valence-corrected chi connectivity index (χ0v) is 21.8. The number of rotatable bonds is 2. The molecular formula is C26H30N2O7Si. The maximum absolute atomic E-state index is 13.8. The number of ketones is 2. The van der Waals surface area contributed by atoms with Crippen molar-refractivity contribution in [2.75, 3.05) is 14.1 Å². The minimum atomic E-state index is -2.64. The number of hydrogen-bond acceptors (Lipinski definition) is 8. The maximum atomic E-state index is 13.8. The Hall–Kier alpha value is -3.39. The summed E-state index contributed by atoms with van der Waals surface area (Å²) >= 11 is 0. The molecule has 3 aliphatic rings. The van der Waals surface area contributed by atoms with Crippen LogP contribution in [-0.2, 0) is 20.8 Å². The number of benzene rings is 1. The highest BCUT2D eigenvalue weighted by atomic mass is 28.3. The molecule has 1 saturated carbocycles. The molecule has 1 aromatic rings. The maximum Gasteiger partial charge on any atom is 0.255 e. The number of aromatic hydroxyl groups is 1. The second kappa shape index (κ2) is 8.33. The lowest BCUT2D eigenvalue weighted by molar-refractivity contribution is -0.153. The molecule has 0 aliphatic heterocycles. The van der Waals surface area contributed by atoms with E-state index in [1.807, 2.05) is 0 Å². The number of hydrogen-bond donors (Lipinski definition) is 5. The van der Waals surface area contributed by atoms with Crippen molar-refractivity contribution in [1.29, 1.82) is 0 Å². The number of aliphatic hydroxyl groups is 3. The van der Waals surface area contributed by atoms with E-state index in [2.05, 4.69) is 31.1 Å². The van der Waals surface area contributed by atoms with Crippen LogP contribution in [0.2, 0.25) is 19.6 Å². The smallest absolute Gasteiger partial charge is 0.255 e. The molecule has 0 radical (unpaired) electrons. The number of nitrogens with two attached hydrogens (primary N) is 1. The van der Waals surface area contributed by atoms with Gasteiger partial charge in [0.2, 0.25) is 5.78 Å². The Bertz CT molecular complexity index is 1340. The van der Waals surface area contributed by atoms with Gasteiger partial charge in [-0.2, -0.15) is 0 Å². The normalized spacial score (nSPS) is 27.8. The van der Waals surface area contributed by atoms with Crippen LogP contribution in [0.4, 0.5) is 0 Å². The number of phenols is 1. The Kier molecular flexibility index (Phi) is 5.95. The summed E-state index contributed by atoms with van der Waals surface area (Å²) in [6, 6.07) is 1.94. The molecule has 10 heteroatoms. The molecule has 1 unspecified atom stereocenters. The first-order valence-corrected chi connectivity index (χ1v) is 15.1. The van der Waals surface area contributed by atoms with Gasteiger partial charge in [0.05, 0.1) is 11.6 Å². The molecule has 0 heterocycles. The average molecular weight is 511 g/mol. The van der Waals surface area contributed by atoms with Gasteiger partial charge in [0.25, 0.3) is 5.91 Å². The van der Waals surface area contributed by atoms with Crippen LogP contribution < -0.4 is 5.73 Å². The van der Waals surface area contributed by atoms with Gasteiger partial charge in [-0.15, -0.1) is 5.54 Å². The number of amides is 1. The number of carbonyl (C=O) groups is 3. The first kappa shape index (κ1) is 25.7. The van der Waals surface area contributed by atoms with Gasteiger partial charge in [-0.3, -0.25) is 19.3 Å². The molecule has 0 bridgehead atoms. The summed E-state index contributed by atoms with van der Waals surface area (Å²) in [6.07, 6.45) is 0.265. The van der Waals surface area contributed by atoms with Gasteiger partial charge >= 0.3 is 0 Å². The van der Waals surface area contributed by atoms with Gasteiger partial charge in [-0.25, -0.2) is 0 Å². The van der Waals surface area contributed by atoms with Crippen LogP contribution in [0.15, 0.2) is 29.0 Å². The Labute approximate surface area is 209 Å². The van der Waals surface area contributed by atoms with Gasteiger partial charge in [0, 0.05) is 17.1 Å². The molecule has 0 spiro atoms. The lowest BCUT2D eigenvalue weighted by Crippen LogP contribution is -2.65. The van der Waals surface area contributed by atoms with Crippen molar-refractivity contribution >= 4 is 31.3 Å². The monoisotopic (exact) mass is 510 g/mol. The number of nitrogens with zero attached hydrogens (tertiary/aromatic N) is 1. The molecule has 1 amide bonds. The average Bonchev–Trinajstić information content (AvgIpc) is 2.74. The number of aliphatic hydroxyl groups excluding tert-OH is 2. The molecule has 1 fully saturated rings. The van der Waals surface area contributed by atoms with Crippen LogP contribution in [-0.4, -0.2) is 76.6 Å². The molecule has 0 saturated heterocycles. The molecule has 6 N–H and O–H groups in total. The minimum Gasteiger partial charge on any atom is -0.508 e. The van der Waals surface area contributed by atoms with Gasteiger partial charge in [0.15, 0.2) is 11.4 Å². The molecule has 36 heavy (non-hydrogen) atoms. The second-order valence-electron chi connectivity index (χ2n) is 10.9. The number of carbonyl (C=O) groups excluding carboxylic acids is 3. The fourth-order valence-corrected chi connectivity index (χ4v) is 6.13. The highest BCUT2D eigenvalue weighted by Crippen LogP contribution is 2.52. The minimum absolute atomic E-state index is 0.0440. The summed E-state index contributed by atoms with van der Waals surface area (Å²) in [5.41, 5.74) is 6.20.